The van der Waals surface area contributed by atoms with Crippen LogP contribution in [0, 0.1) is 6.92 Å². The number of carbonyl (C=O) groups excluding carboxylic acids is 1. The number of nitrogens with one attached hydrogen (secondary N) is 2. The van der Waals surface area contributed by atoms with E-state index in [1.54, 1.807) is 6.20 Å². The predicted octanol–water partition coefficient (Wildman–Crippen LogP) is 0.589. The number of aryl methyl sites for hydroxylation is 1. The van der Waals surface area contributed by atoms with Gasteiger partial charge in [-0.05, 0) is 6.92 Å². The number of carbonyl (C=O) groups is 2. The minimum Gasteiger partial charge on any atom is -0.479 e. The fourth-order valence-electron chi connectivity index (χ4n) is 0.699. The van der Waals surface area contributed by atoms with E-state index >= 15 is 0 Å². The molecule has 0 bridgehead atoms. The van der Waals surface area contributed by atoms with Crippen LogP contribution in [0.3, 0.4) is 0 Å². The lowest BCUT2D eigenvalue weighted by molar-refractivity contribution is -0.143. The quantitative estimate of drug-likeness (QED) is 0.658. The maximum atomic E-state index is 11.0. The highest BCUT2D eigenvalue weighted by molar-refractivity contribution is 7.15. The maximum absolute atomic E-state index is 11.0. The Bertz CT molecular complexity index is 365. The Morgan fingerprint density at radius 2 is 2.40 bits per heavy atom. The van der Waals surface area contributed by atoms with Crippen LogP contribution >= 0.6 is 11.3 Å². The topological polar surface area (TPSA) is 101 Å². The number of amides is 2. The van der Waals surface area contributed by atoms with Crippen molar-refractivity contribution >= 4 is 28.5 Å². The van der Waals surface area contributed by atoms with Gasteiger partial charge < -0.3 is 5.11 Å². The molecule has 3 N–H and O–H groups in total. The monoisotopic (exact) mass is 231 g/mol. The summed E-state index contributed by atoms with van der Waals surface area (Å²) in [5.41, 5.74) is 1.91. The van der Waals surface area contributed by atoms with Gasteiger partial charge in [-0.1, -0.05) is 0 Å². The first kappa shape index (κ1) is 11.4. The SMILES string of the molecule is Cc1cnc(NC(=O)NOCC(=O)O)s1. The standard InChI is InChI=1S/C7H9N3O4S/c1-4-2-8-7(15-4)9-6(13)10-14-3-5(11)12/h2H,3H2,1H3,(H,11,12)(H2,8,9,10,13). The van der Waals surface area contributed by atoms with Crippen molar-refractivity contribution in [3.8, 4) is 0 Å². The van der Waals surface area contributed by atoms with E-state index in [0.29, 0.717) is 5.13 Å². The van der Waals surface area contributed by atoms with Crippen LogP contribution < -0.4 is 10.8 Å². The number of carboxylic acids is 1. The molecule has 82 valence electrons. The van der Waals surface area contributed by atoms with Crippen molar-refractivity contribution in [3.05, 3.63) is 11.1 Å². The Morgan fingerprint density at radius 3 is 2.93 bits per heavy atom. The summed E-state index contributed by atoms with van der Waals surface area (Å²) in [5, 5.41) is 11.0. The molecule has 8 heteroatoms. The van der Waals surface area contributed by atoms with Gasteiger partial charge >= 0.3 is 12.0 Å². The van der Waals surface area contributed by atoms with Gasteiger partial charge in [0.2, 0.25) is 0 Å². The number of hydrogen-bond donors (Lipinski definition) is 3. The predicted molar refractivity (Wildman–Crippen MR) is 52.6 cm³/mol. The van der Waals surface area contributed by atoms with Crippen LogP contribution in [-0.4, -0.2) is 28.7 Å². The number of anilines is 1. The molecule has 1 aromatic heterocycles. The average Bonchev–Trinajstić information content (AvgIpc) is 2.50. The molecule has 0 fully saturated rings. The number of hydrogen-bond acceptors (Lipinski definition) is 5. The third kappa shape index (κ3) is 4.38. The van der Waals surface area contributed by atoms with Crippen LogP contribution in [0.1, 0.15) is 4.88 Å². The Balaban J connectivity index is 2.27. The Hall–Kier alpha value is -1.67. The second-order valence-corrected chi connectivity index (χ2v) is 3.75. The first-order chi connectivity index (χ1) is 7.08. The van der Waals surface area contributed by atoms with E-state index < -0.39 is 18.6 Å². The molecule has 0 spiro atoms. The number of rotatable bonds is 4. The fourth-order valence-corrected chi connectivity index (χ4v) is 1.36. The van der Waals surface area contributed by atoms with Crippen molar-refractivity contribution in [1.82, 2.24) is 10.5 Å². The fraction of sp³-hybridized carbons (Fsp3) is 0.286. The van der Waals surface area contributed by atoms with Crippen molar-refractivity contribution in [1.29, 1.82) is 0 Å². The second kappa shape index (κ2) is 5.27. The van der Waals surface area contributed by atoms with Crippen LogP contribution in [0.2, 0.25) is 0 Å². The third-order valence-corrected chi connectivity index (χ3v) is 2.03. The number of hydroxylamine groups is 1. The van der Waals surface area contributed by atoms with Gasteiger partial charge in [0.25, 0.3) is 0 Å². The summed E-state index contributed by atoms with van der Waals surface area (Å²) in [5.74, 6) is -1.17. The maximum Gasteiger partial charge on any atom is 0.344 e. The van der Waals surface area contributed by atoms with E-state index in [1.165, 1.54) is 11.3 Å². The summed E-state index contributed by atoms with van der Waals surface area (Å²) < 4.78 is 0. The summed E-state index contributed by atoms with van der Waals surface area (Å²) in [4.78, 5) is 30.2. The molecule has 0 saturated heterocycles. The third-order valence-electron chi connectivity index (χ3n) is 1.20. The zero-order valence-corrected chi connectivity index (χ0v) is 8.63. The Morgan fingerprint density at radius 1 is 1.67 bits per heavy atom. The molecule has 2 amide bonds. The molecule has 0 aromatic carbocycles. The van der Waals surface area contributed by atoms with Gasteiger partial charge in [-0.25, -0.2) is 20.1 Å². The van der Waals surface area contributed by atoms with Crippen molar-refractivity contribution in [3.63, 3.8) is 0 Å². The van der Waals surface area contributed by atoms with Gasteiger partial charge in [-0.15, -0.1) is 11.3 Å². The van der Waals surface area contributed by atoms with E-state index in [2.05, 4.69) is 15.1 Å². The summed E-state index contributed by atoms with van der Waals surface area (Å²) in [7, 11) is 0. The number of carboxylic acid groups (broad SMARTS) is 1. The van der Waals surface area contributed by atoms with Gasteiger partial charge in [0.05, 0.1) is 0 Å². The molecule has 1 heterocycles. The minimum absolute atomic E-state index is 0.420. The Kier molecular flexibility index (Phi) is 4.01. The molecule has 0 saturated carbocycles. The summed E-state index contributed by atoms with van der Waals surface area (Å²) >= 11 is 1.30. The number of thiazole rings is 1. The largest absolute Gasteiger partial charge is 0.479 e. The lowest BCUT2D eigenvalue weighted by Gasteiger charge is -2.02. The lowest BCUT2D eigenvalue weighted by Crippen LogP contribution is -2.30. The van der Waals surface area contributed by atoms with E-state index in [9.17, 15) is 9.59 Å². The molecule has 15 heavy (non-hydrogen) atoms. The summed E-state index contributed by atoms with van der Waals surface area (Å²) in [6.45, 7) is 1.26. The lowest BCUT2D eigenvalue weighted by atomic mass is 10.7. The number of urea groups is 1. The zero-order chi connectivity index (χ0) is 11.3. The van der Waals surface area contributed by atoms with Gasteiger partial charge in [-0.3, -0.25) is 10.2 Å². The molecular formula is C7H9N3O4S. The van der Waals surface area contributed by atoms with Crippen LogP contribution in [0.25, 0.3) is 0 Å². The van der Waals surface area contributed by atoms with E-state index in [-0.39, 0.29) is 0 Å². The molecule has 7 nitrogen and oxygen atoms in total. The molecule has 0 aliphatic heterocycles. The zero-order valence-electron chi connectivity index (χ0n) is 7.81. The average molecular weight is 231 g/mol. The van der Waals surface area contributed by atoms with Crippen molar-refractivity contribution in [2.75, 3.05) is 11.9 Å². The van der Waals surface area contributed by atoms with E-state index in [4.69, 9.17) is 5.11 Å². The van der Waals surface area contributed by atoms with Gasteiger partial charge in [-0.2, -0.15) is 0 Å². The number of nitrogens with zero attached hydrogens (tertiary/aromatic N) is 1. The van der Waals surface area contributed by atoms with Gasteiger partial charge in [0, 0.05) is 11.1 Å². The molecule has 0 unspecified atom stereocenters. The number of aromatic nitrogens is 1. The normalized spacial score (nSPS) is 9.67. The smallest absolute Gasteiger partial charge is 0.344 e. The minimum atomic E-state index is -1.17. The highest BCUT2D eigenvalue weighted by atomic mass is 32.1. The molecule has 1 aromatic rings. The molecule has 0 aliphatic rings. The second-order valence-electron chi connectivity index (χ2n) is 2.51. The Labute approximate surface area is 89.0 Å². The van der Waals surface area contributed by atoms with Gasteiger partial charge in [0.15, 0.2) is 11.7 Å². The first-order valence-electron chi connectivity index (χ1n) is 3.91. The van der Waals surface area contributed by atoms with Crippen LogP contribution in [0.15, 0.2) is 6.20 Å². The van der Waals surface area contributed by atoms with Crippen LogP contribution in [0.4, 0.5) is 9.93 Å². The van der Waals surface area contributed by atoms with Crippen LogP contribution in [-0.2, 0) is 9.63 Å². The molecular weight excluding hydrogens is 222 g/mol. The highest BCUT2D eigenvalue weighted by Gasteiger charge is 2.05. The van der Waals surface area contributed by atoms with Crippen molar-refractivity contribution in [2.24, 2.45) is 0 Å². The molecule has 1 rings (SSSR count). The van der Waals surface area contributed by atoms with Crippen molar-refractivity contribution in [2.45, 2.75) is 6.92 Å². The molecule has 0 aliphatic carbocycles. The van der Waals surface area contributed by atoms with Crippen LogP contribution in [0.5, 0.6) is 0 Å². The molecule has 0 radical (unpaired) electrons. The van der Waals surface area contributed by atoms with E-state index in [0.717, 1.165) is 4.88 Å². The summed E-state index contributed by atoms with van der Waals surface area (Å²) in [6.07, 6.45) is 1.61. The highest BCUT2D eigenvalue weighted by Crippen LogP contribution is 2.15. The molecule has 0 atom stereocenters. The number of aliphatic carboxylic acids is 1. The van der Waals surface area contributed by atoms with Crippen molar-refractivity contribution < 1.29 is 19.5 Å². The summed E-state index contributed by atoms with van der Waals surface area (Å²) in [6, 6.07) is -0.661. The first-order valence-corrected chi connectivity index (χ1v) is 4.72. The van der Waals surface area contributed by atoms with E-state index in [1.807, 2.05) is 12.4 Å². The van der Waals surface area contributed by atoms with Gasteiger partial charge in [0.1, 0.15) is 0 Å².